The maximum Gasteiger partial charge on any atom is 0.241 e. The van der Waals surface area contributed by atoms with E-state index >= 15 is 0 Å². The predicted octanol–water partition coefficient (Wildman–Crippen LogP) is 5.44. The van der Waals surface area contributed by atoms with Crippen molar-refractivity contribution in [1.29, 1.82) is 0 Å². The standard InChI is InChI=1S/C32H39N3O4S/c1-23(2)21-35(4)22-25-15-16-28-29(17-18-39-31(28)19-25)33-32(36)20-30(27-13-9-6-10-14-27)34-40(37,38)24(3)26-11-7-5-8-12-26/h5-16,19,23,29-30,34H,3,17-18,20-22H2,1-2,4H3,(H,33,36). The Morgan fingerprint density at radius 1 is 1.05 bits per heavy atom. The van der Waals surface area contributed by atoms with Gasteiger partial charge in [-0.2, -0.15) is 0 Å². The topological polar surface area (TPSA) is 87.7 Å². The Labute approximate surface area is 238 Å². The van der Waals surface area contributed by atoms with E-state index in [1.165, 1.54) is 0 Å². The van der Waals surface area contributed by atoms with Crippen LogP contribution in [-0.2, 0) is 21.4 Å². The van der Waals surface area contributed by atoms with Crippen LogP contribution < -0.4 is 14.8 Å². The molecule has 212 valence electrons. The van der Waals surface area contributed by atoms with E-state index in [0.717, 1.165) is 30.0 Å². The van der Waals surface area contributed by atoms with Gasteiger partial charge in [-0.3, -0.25) is 4.79 Å². The quantitative estimate of drug-likeness (QED) is 0.308. The van der Waals surface area contributed by atoms with Crippen LogP contribution in [0.25, 0.3) is 4.91 Å². The molecular weight excluding hydrogens is 522 g/mol. The van der Waals surface area contributed by atoms with Gasteiger partial charge in [0.25, 0.3) is 0 Å². The maximum absolute atomic E-state index is 13.3. The molecule has 8 heteroatoms. The van der Waals surface area contributed by atoms with E-state index in [4.69, 9.17) is 4.74 Å². The summed E-state index contributed by atoms with van der Waals surface area (Å²) >= 11 is 0. The van der Waals surface area contributed by atoms with Crippen LogP contribution in [0.1, 0.15) is 61.0 Å². The summed E-state index contributed by atoms with van der Waals surface area (Å²) in [5, 5.41) is 3.12. The number of rotatable bonds is 12. The molecule has 0 fully saturated rings. The summed E-state index contributed by atoms with van der Waals surface area (Å²) in [5.41, 5.74) is 3.29. The normalized spacial score (nSPS) is 15.8. The van der Waals surface area contributed by atoms with Gasteiger partial charge in [-0.15, -0.1) is 0 Å². The molecule has 0 bridgehead atoms. The minimum atomic E-state index is -3.96. The molecule has 2 N–H and O–H groups in total. The van der Waals surface area contributed by atoms with Gasteiger partial charge in [0.2, 0.25) is 15.9 Å². The minimum absolute atomic E-state index is 0.0392. The highest BCUT2D eigenvalue weighted by molar-refractivity contribution is 7.98. The van der Waals surface area contributed by atoms with Crippen LogP contribution in [0.5, 0.6) is 5.75 Å². The first-order chi connectivity index (χ1) is 19.1. The van der Waals surface area contributed by atoms with Crippen molar-refractivity contribution in [3.05, 3.63) is 108 Å². The smallest absolute Gasteiger partial charge is 0.241 e. The Hall–Kier alpha value is -3.46. The molecule has 3 aromatic carbocycles. The van der Waals surface area contributed by atoms with Crippen LogP contribution in [0.2, 0.25) is 0 Å². The zero-order chi connectivity index (χ0) is 28.7. The number of carbonyl (C=O) groups is 1. The zero-order valence-corrected chi connectivity index (χ0v) is 24.3. The minimum Gasteiger partial charge on any atom is -0.493 e. The Morgan fingerprint density at radius 3 is 2.40 bits per heavy atom. The molecule has 1 amide bonds. The van der Waals surface area contributed by atoms with Gasteiger partial charge in [0.05, 0.1) is 23.6 Å². The molecule has 40 heavy (non-hydrogen) atoms. The van der Waals surface area contributed by atoms with Crippen molar-refractivity contribution in [2.75, 3.05) is 20.2 Å². The van der Waals surface area contributed by atoms with Crippen molar-refractivity contribution < 1.29 is 17.9 Å². The largest absolute Gasteiger partial charge is 0.493 e. The molecule has 1 heterocycles. The molecule has 3 aromatic rings. The number of nitrogens with zero attached hydrogens (tertiary/aromatic N) is 1. The summed E-state index contributed by atoms with van der Waals surface area (Å²) in [5.74, 6) is 1.12. The molecule has 0 aromatic heterocycles. The first-order valence-corrected chi connectivity index (χ1v) is 15.2. The third-order valence-electron chi connectivity index (χ3n) is 6.89. The lowest BCUT2D eigenvalue weighted by Gasteiger charge is -2.28. The van der Waals surface area contributed by atoms with Gasteiger partial charge in [-0.1, -0.05) is 93.2 Å². The summed E-state index contributed by atoms with van der Waals surface area (Å²) < 4.78 is 35.2. The molecular formula is C32H39N3O4S. The van der Waals surface area contributed by atoms with Gasteiger partial charge in [0.15, 0.2) is 0 Å². The van der Waals surface area contributed by atoms with E-state index in [9.17, 15) is 13.2 Å². The van der Waals surface area contributed by atoms with Gasteiger partial charge < -0.3 is 15.0 Å². The number of amides is 1. The molecule has 0 aliphatic carbocycles. The van der Waals surface area contributed by atoms with Crippen molar-refractivity contribution in [3.63, 3.8) is 0 Å². The summed E-state index contributed by atoms with van der Waals surface area (Å²) in [6.07, 6.45) is 0.577. The Balaban J connectivity index is 1.47. The van der Waals surface area contributed by atoms with E-state index < -0.39 is 16.1 Å². The van der Waals surface area contributed by atoms with Crippen molar-refractivity contribution in [1.82, 2.24) is 14.9 Å². The summed E-state index contributed by atoms with van der Waals surface area (Å²) in [6.45, 7) is 10.5. The monoisotopic (exact) mass is 561 g/mol. The second kappa shape index (κ2) is 13.3. The van der Waals surface area contributed by atoms with E-state index in [-0.39, 0.29) is 23.3 Å². The zero-order valence-electron chi connectivity index (χ0n) is 23.5. The lowest BCUT2D eigenvalue weighted by atomic mass is 9.97. The van der Waals surface area contributed by atoms with Crippen LogP contribution in [0.3, 0.4) is 0 Å². The first-order valence-electron chi connectivity index (χ1n) is 13.7. The second-order valence-corrected chi connectivity index (χ2v) is 12.5. The van der Waals surface area contributed by atoms with Crippen LogP contribution in [0, 0.1) is 5.92 Å². The van der Waals surface area contributed by atoms with E-state index in [1.807, 2.05) is 42.5 Å². The number of nitrogens with one attached hydrogen (secondary N) is 2. The Kier molecular flexibility index (Phi) is 9.79. The average molecular weight is 562 g/mol. The molecule has 0 saturated carbocycles. The number of ether oxygens (including phenoxy) is 1. The molecule has 0 radical (unpaired) electrons. The molecule has 2 unspecified atom stereocenters. The Bertz CT molecular complexity index is 1410. The average Bonchev–Trinajstić information content (AvgIpc) is 2.92. The summed E-state index contributed by atoms with van der Waals surface area (Å²) in [4.78, 5) is 15.6. The molecule has 4 rings (SSSR count). The van der Waals surface area contributed by atoms with Crippen LogP contribution in [-0.4, -0.2) is 39.4 Å². The Morgan fingerprint density at radius 2 is 1.73 bits per heavy atom. The first kappa shape index (κ1) is 29.5. The van der Waals surface area contributed by atoms with Crippen molar-refractivity contribution in [2.45, 2.75) is 45.3 Å². The lowest BCUT2D eigenvalue weighted by Crippen LogP contribution is -2.36. The fourth-order valence-corrected chi connectivity index (χ4v) is 6.25. The van der Waals surface area contributed by atoms with E-state index in [1.54, 1.807) is 24.3 Å². The van der Waals surface area contributed by atoms with Crippen molar-refractivity contribution in [3.8, 4) is 5.75 Å². The highest BCUT2D eigenvalue weighted by atomic mass is 32.2. The summed E-state index contributed by atoms with van der Waals surface area (Å²) in [6, 6.07) is 23.0. The number of hydrogen-bond acceptors (Lipinski definition) is 5. The summed E-state index contributed by atoms with van der Waals surface area (Å²) in [7, 11) is -1.85. The van der Waals surface area contributed by atoms with Crippen LogP contribution in [0.15, 0.2) is 85.4 Å². The highest BCUT2D eigenvalue weighted by Gasteiger charge is 2.28. The number of benzene rings is 3. The van der Waals surface area contributed by atoms with Crippen LogP contribution >= 0.6 is 0 Å². The van der Waals surface area contributed by atoms with Gasteiger partial charge in [0, 0.05) is 31.5 Å². The number of hydrogen-bond donors (Lipinski definition) is 2. The van der Waals surface area contributed by atoms with Crippen molar-refractivity contribution >= 4 is 20.8 Å². The third kappa shape index (κ3) is 7.81. The molecule has 1 aliphatic heterocycles. The molecule has 1 aliphatic rings. The fraction of sp³-hybridized carbons (Fsp3) is 0.344. The second-order valence-electron chi connectivity index (χ2n) is 10.8. The van der Waals surface area contributed by atoms with Crippen molar-refractivity contribution in [2.24, 2.45) is 5.92 Å². The fourth-order valence-electron chi connectivity index (χ4n) is 5.07. The molecule has 0 spiro atoms. The predicted molar refractivity (Wildman–Crippen MR) is 160 cm³/mol. The van der Waals surface area contributed by atoms with Gasteiger partial charge in [0.1, 0.15) is 5.75 Å². The molecule has 0 saturated heterocycles. The third-order valence-corrected chi connectivity index (χ3v) is 8.37. The number of sulfonamides is 1. The van der Waals surface area contributed by atoms with Gasteiger partial charge in [-0.05, 0) is 35.7 Å². The van der Waals surface area contributed by atoms with Crippen LogP contribution in [0.4, 0.5) is 0 Å². The van der Waals surface area contributed by atoms with E-state index in [0.29, 0.717) is 30.1 Å². The lowest BCUT2D eigenvalue weighted by molar-refractivity contribution is -0.122. The molecule has 2 atom stereocenters. The SMILES string of the molecule is C=C(c1ccccc1)S(=O)(=O)NC(CC(=O)NC1CCOc2cc(CN(C)CC(C)C)ccc21)c1ccccc1. The number of carbonyl (C=O) groups excluding carboxylic acids is 1. The highest BCUT2D eigenvalue weighted by Crippen LogP contribution is 2.33. The number of fused-ring (bicyclic) bond motifs is 1. The van der Waals surface area contributed by atoms with Gasteiger partial charge in [-0.25, -0.2) is 13.1 Å². The van der Waals surface area contributed by atoms with E-state index in [2.05, 4.69) is 54.5 Å². The maximum atomic E-state index is 13.3. The van der Waals surface area contributed by atoms with Gasteiger partial charge >= 0.3 is 0 Å². The molecule has 7 nitrogen and oxygen atoms in total.